The lowest BCUT2D eigenvalue weighted by Gasteiger charge is -2.15. The van der Waals surface area contributed by atoms with Crippen molar-refractivity contribution in [2.75, 3.05) is 40.4 Å². The van der Waals surface area contributed by atoms with Crippen molar-refractivity contribution in [3.63, 3.8) is 0 Å². The number of amides is 1. The summed E-state index contributed by atoms with van der Waals surface area (Å²) in [5.74, 6) is -0.00338. The SMILES string of the molecule is COCCNCC(=O)N(C)CCC#N. The fourth-order valence-electron chi connectivity index (χ4n) is 0.847. The van der Waals surface area contributed by atoms with E-state index in [2.05, 4.69) is 5.32 Å². The van der Waals surface area contributed by atoms with Crippen molar-refractivity contribution >= 4 is 5.91 Å². The van der Waals surface area contributed by atoms with Crippen molar-refractivity contribution in [1.29, 1.82) is 5.26 Å². The number of hydrogen-bond donors (Lipinski definition) is 1. The number of nitrogens with one attached hydrogen (secondary N) is 1. The van der Waals surface area contributed by atoms with E-state index in [1.807, 2.05) is 6.07 Å². The zero-order valence-corrected chi connectivity index (χ0v) is 8.75. The van der Waals surface area contributed by atoms with Gasteiger partial charge in [-0.2, -0.15) is 5.26 Å². The van der Waals surface area contributed by atoms with E-state index in [0.29, 0.717) is 32.7 Å². The molecular formula is C9H17N3O2. The van der Waals surface area contributed by atoms with E-state index in [4.69, 9.17) is 10.00 Å². The first-order valence-electron chi connectivity index (χ1n) is 4.53. The van der Waals surface area contributed by atoms with Crippen LogP contribution in [0.25, 0.3) is 0 Å². The number of nitriles is 1. The third-order valence-corrected chi connectivity index (χ3v) is 1.74. The smallest absolute Gasteiger partial charge is 0.236 e. The average Bonchev–Trinajstić information content (AvgIpc) is 2.20. The summed E-state index contributed by atoms with van der Waals surface area (Å²) in [7, 11) is 3.31. The highest BCUT2D eigenvalue weighted by molar-refractivity contribution is 5.77. The van der Waals surface area contributed by atoms with Crippen molar-refractivity contribution in [3.05, 3.63) is 0 Å². The zero-order valence-electron chi connectivity index (χ0n) is 8.75. The van der Waals surface area contributed by atoms with Crippen LogP contribution in [0.1, 0.15) is 6.42 Å². The van der Waals surface area contributed by atoms with Crippen LogP contribution in [-0.2, 0) is 9.53 Å². The molecule has 0 aromatic carbocycles. The summed E-state index contributed by atoms with van der Waals surface area (Å²) in [6.07, 6.45) is 0.375. The lowest BCUT2D eigenvalue weighted by Crippen LogP contribution is -2.37. The maximum atomic E-state index is 11.3. The largest absolute Gasteiger partial charge is 0.383 e. The van der Waals surface area contributed by atoms with Crippen LogP contribution in [-0.4, -0.2) is 51.2 Å². The van der Waals surface area contributed by atoms with Gasteiger partial charge in [-0.1, -0.05) is 0 Å². The molecule has 14 heavy (non-hydrogen) atoms. The van der Waals surface area contributed by atoms with E-state index in [1.54, 1.807) is 19.1 Å². The van der Waals surface area contributed by atoms with Gasteiger partial charge in [0.1, 0.15) is 0 Å². The highest BCUT2D eigenvalue weighted by Crippen LogP contribution is 1.86. The monoisotopic (exact) mass is 199 g/mol. The molecule has 0 saturated heterocycles. The second-order valence-corrected chi connectivity index (χ2v) is 2.89. The summed E-state index contributed by atoms with van der Waals surface area (Å²) >= 11 is 0. The molecule has 0 aromatic rings. The van der Waals surface area contributed by atoms with E-state index in [1.165, 1.54) is 0 Å². The molecule has 5 nitrogen and oxygen atoms in total. The molecule has 1 amide bonds. The highest BCUT2D eigenvalue weighted by Gasteiger charge is 2.06. The quantitative estimate of drug-likeness (QED) is 0.566. The topological polar surface area (TPSA) is 65.4 Å². The van der Waals surface area contributed by atoms with Crippen LogP contribution in [0.4, 0.5) is 0 Å². The van der Waals surface area contributed by atoms with Crippen molar-refractivity contribution in [2.24, 2.45) is 0 Å². The van der Waals surface area contributed by atoms with Crippen LogP contribution in [0.5, 0.6) is 0 Å². The maximum absolute atomic E-state index is 11.3. The van der Waals surface area contributed by atoms with Crippen LogP contribution in [0, 0.1) is 11.3 Å². The maximum Gasteiger partial charge on any atom is 0.236 e. The van der Waals surface area contributed by atoms with Crippen LogP contribution >= 0.6 is 0 Å². The van der Waals surface area contributed by atoms with Gasteiger partial charge in [-0.3, -0.25) is 4.79 Å². The van der Waals surface area contributed by atoms with Gasteiger partial charge >= 0.3 is 0 Å². The molecule has 0 rings (SSSR count). The van der Waals surface area contributed by atoms with E-state index in [-0.39, 0.29) is 5.91 Å². The lowest BCUT2D eigenvalue weighted by atomic mass is 10.4. The summed E-state index contributed by atoms with van der Waals surface area (Å²) in [5, 5.41) is 11.3. The number of carbonyl (C=O) groups is 1. The Kier molecular flexibility index (Phi) is 7.80. The molecule has 5 heteroatoms. The first kappa shape index (κ1) is 12.9. The Morgan fingerprint density at radius 3 is 2.93 bits per heavy atom. The first-order valence-corrected chi connectivity index (χ1v) is 4.53. The normalized spacial score (nSPS) is 9.50. The Hall–Kier alpha value is -1.12. The standard InChI is InChI=1S/C9H17N3O2/c1-12(6-3-4-10)9(13)8-11-5-7-14-2/h11H,3,5-8H2,1-2H3. The second kappa shape index (κ2) is 8.48. The first-order chi connectivity index (χ1) is 6.72. The van der Waals surface area contributed by atoms with Gasteiger partial charge in [-0.15, -0.1) is 0 Å². The minimum atomic E-state index is -0.00338. The van der Waals surface area contributed by atoms with Gasteiger partial charge in [0.15, 0.2) is 0 Å². The summed E-state index contributed by atoms with van der Waals surface area (Å²) in [5.41, 5.74) is 0. The average molecular weight is 199 g/mol. The predicted molar refractivity (Wildman–Crippen MR) is 52.6 cm³/mol. The summed E-state index contributed by atoms with van der Waals surface area (Å²) in [6.45, 7) is 2.04. The zero-order chi connectivity index (χ0) is 10.8. The second-order valence-electron chi connectivity index (χ2n) is 2.89. The van der Waals surface area contributed by atoms with Crippen molar-refractivity contribution in [1.82, 2.24) is 10.2 Å². The number of hydrogen-bond acceptors (Lipinski definition) is 4. The van der Waals surface area contributed by atoms with Gasteiger partial charge in [0.25, 0.3) is 0 Å². The summed E-state index contributed by atoms with van der Waals surface area (Å²) in [6, 6.07) is 2.00. The summed E-state index contributed by atoms with van der Waals surface area (Å²) < 4.78 is 4.82. The molecule has 0 bridgehead atoms. The molecular weight excluding hydrogens is 182 g/mol. The Labute approximate surface area is 84.6 Å². The van der Waals surface area contributed by atoms with E-state index < -0.39 is 0 Å². The molecule has 0 aliphatic rings. The number of carbonyl (C=O) groups excluding carboxylic acids is 1. The molecule has 0 aliphatic heterocycles. The molecule has 1 N–H and O–H groups in total. The van der Waals surface area contributed by atoms with Gasteiger partial charge < -0.3 is 15.0 Å². The Morgan fingerprint density at radius 1 is 1.64 bits per heavy atom. The number of methoxy groups -OCH3 is 1. The van der Waals surface area contributed by atoms with Crippen LogP contribution in [0.15, 0.2) is 0 Å². The Bertz CT molecular complexity index is 201. The van der Waals surface area contributed by atoms with Crippen LogP contribution in [0.3, 0.4) is 0 Å². The predicted octanol–water partition coefficient (Wildman–Crippen LogP) is -0.406. The molecule has 0 atom stereocenters. The van der Waals surface area contributed by atoms with E-state index in [9.17, 15) is 4.79 Å². The third-order valence-electron chi connectivity index (χ3n) is 1.74. The van der Waals surface area contributed by atoms with Gasteiger partial charge in [-0.05, 0) is 0 Å². The molecule has 0 aromatic heterocycles. The number of ether oxygens (including phenoxy) is 1. The van der Waals surface area contributed by atoms with Gasteiger partial charge in [0, 0.05) is 27.2 Å². The van der Waals surface area contributed by atoms with Crippen molar-refractivity contribution < 1.29 is 9.53 Å². The molecule has 80 valence electrons. The molecule has 0 heterocycles. The molecule has 0 fully saturated rings. The lowest BCUT2D eigenvalue weighted by molar-refractivity contribution is -0.128. The molecule has 0 spiro atoms. The van der Waals surface area contributed by atoms with E-state index in [0.717, 1.165) is 0 Å². The third kappa shape index (κ3) is 6.40. The van der Waals surface area contributed by atoms with Crippen molar-refractivity contribution in [3.8, 4) is 6.07 Å². The Morgan fingerprint density at radius 2 is 2.36 bits per heavy atom. The van der Waals surface area contributed by atoms with Gasteiger partial charge in [-0.25, -0.2) is 0 Å². The minimum absolute atomic E-state index is 0.00338. The number of likely N-dealkylation sites (N-methyl/N-ethyl adjacent to an activating group) is 1. The van der Waals surface area contributed by atoms with Gasteiger partial charge in [0.05, 0.1) is 25.6 Å². The summed E-state index contributed by atoms with van der Waals surface area (Å²) in [4.78, 5) is 12.9. The molecule has 0 saturated carbocycles. The van der Waals surface area contributed by atoms with Crippen LogP contribution in [0.2, 0.25) is 0 Å². The highest BCUT2D eigenvalue weighted by atomic mass is 16.5. The molecule has 0 radical (unpaired) electrons. The Balaban J connectivity index is 3.48. The fraction of sp³-hybridized carbons (Fsp3) is 0.778. The molecule has 0 aliphatic carbocycles. The van der Waals surface area contributed by atoms with E-state index >= 15 is 0 Å². The molecule has 0 unspecified atom stereocenters. The minimum Gasteiger partial charge on any atom is -0.383 e. The fourth-order valence-corrected chi connectivity index (χ4v) is 0.847. The number of nitrogens with zero attached hydrogens (tertiary/aromatic N) is 2. The number of rotatable bonds is 7. The van der Waals surface area contributed by atoms with Crippen molar-refractivity contribution in [2.45, 2.75) is 6.42 Å². The van der Waals surface area contributed by atoms with Crippen LogP contribution < -0.4 is 5.32 Å². The van der Waals surface area contributed by atoms with Gasteiger partial charge in [0.2, 0.25) is 5.91 Å².